The Hall–Kier alpha value is -0.910. The monoisotopic (exact) mass is 190 g/mol. The summed E-state index contributed by atoms with van der Waals surface area (Å²) in [5, 5.41) is 17.6. The van der Waals surface area contributed by atoms with Crippen LogP contribution in [0.25, 0.3) is 0 Å². The van der Waals surface area contributed by atoms with E-state index in [1.54, 1.807) is 0 Å². The number of aliphatic hydroxyl groups is 1. The molecule has 0 fully saturated rings. The van der Waals surface area contributed by atoms with Crippen LogP contribution >= 0.6 is 11.6 Å². The third-order valence-corrected chi connectivity index (χ3v) is 1.86. The van der Waals surface area contributed by atoms with Gasteiger partial charge < -0.3 is 10.8 Å². The summed E-state index contributed by atoms with van der Waals surface area (Å²) in [5.74, 6) is 0. The van der Waals surface area contributed by atoms with Gasteiger partial charge in [0.1, 0.15) is 0 Å². The molecule has 0 saturated carbocycles. The molecule has 3 N–H and O–H groups in total. The van der Waals surface area contributed by atoms with Crippen molar-refractivity contribution in [3.63, 3.8) is 0 Å². The molecule has 1 aliphatic rings. The lowest BCUT2D eigenvalue weighted by Gasteiger charge is -2.23. The van der Waals surface area contributed by atoms with E-state index in [9.17, 15) is 15.2 Å². The van der Waals surface area contributed by atoms with Gasteiger partial charge in [0.25, 0.3) is 5.70 Å². The second-order valence-electron chi connectivity index (χ2n) is 2.44. The molecule has 66 valence electrons. The van der Waals surface area contributed by atoms with Crippen LogP contribution in [0.15, 0.2) is 23.9 Å². The molecule has 2 atom stereocenters. The Morgan fingerprint density at radius 3 is 2.83 bits per heavy atom. The molecule has 0 aromatic heterocycles. The summed E-state index contributed by atoms with van der Waals surface area (Å²) in [6.07, 6.45) is 3.41. The fraction of sp³-hybridized carbons (Fsp3) is 0.333. The summed E-state index contributed by atoms with van der Waals surface area (Å²) in [4.78, 5) is 9.58. The average molecular weight is 191 g/mol. The van der Waals surface area contributed by atoms with E-state index in [2.05, 4.69) is 0 Å². The molecule has 0 aliphatic heterocycles. The van der Waals surface area contributed by atoms with Crippen molar-refractivity contribution in [1.82, 2.24) is 0 Å². The van der Waals surface area contributed by atoms with Crippen molar-refractivity contribution in [3.05, 3.63) is 34.0 Å². The van der Waals surface area contributed by atoms with Crippen molar-refractivity contribution in [2.75, 3.05) is 0 Å². The largest absolute Gasteiger partial charge is 0.370 e. The molecule has 0 amide bonds. The third-order valence-electron chi connectivity index (χ3n) is 1.50. The SMILES string of the molecule is NC1C=CC([N+](=O)[O-])=CC1(O)Cl. The third kappa shape index (κ3) is 1.63. The highest BCUT2D eigenvalue weighted by Crippen LogP contribution is 2.24. The number of halogens is 1. The van der Waals surface area contributed by atoms with Crippen LogP contribution in [0, 0.1) is 10.1 Å². The van der Waals surface area contributed by atoms with Gasteiger partial charge in [-0.05, 0) is 0 Å². The molecule has 1 rings (SSSR count). The first-order chi connectivity index (χ1) is 5.43. The summed E-state index contributed by atoms with van der Waals surface area (Å²) in [7, 11) is 0. The number of allylic oxidation sites excluding steroid dienone is 1. The molecular formula is C6H7ClN2O3. The van der Waals surface area contributed by atoms with Gasteiger partial charge in [0.2, 0.25) is 0 Å². The van der Waals surface area contributed by atoms with E-state index < -0.39 is 16.0 Å². The first kappa shape index (κ1) is 9.18. The minimum absolute atomic E-state index is 0.255. The minimum atomic E-state index is -1.85. The van der Waals surface area contributed by atoms with E-state index in [1.807, 2.05) is 0 Å². The maximum absolute atomic E-state index is 10.2. The number of hydrogen-bond acceptors (Lipinski definition) is 4. The Labute approximate surface area is 73.3 Å². The van der Waals surface area contributed by atoms with Crippen LogP contribution in [0.4, 0.5) is 0 Å². The Morgan fingerprint density at radius 1 is 1.83 bits per heavy atom. The van der Waals surface area contributed by atoms with Gasteiger partial charge in [0.05, 0.1) is 11.0 Å². The smallest absolute Gasteiger partial charge is 0.269 e. The van der Waals surface area contributed by atoms with E-state index >= 15 is 0 Å². The Balaban J connectivity index is 2.97. The fourth-order valence-electron chi connectivity index (χ4n) is 0.803. The van der Waals surface area contributed by atoms with Crippen LogP contribution in [0.2, 0.25) is 0 Å². The van der Waals surface area contributed by atoms with Crippen molar-refractivity contribution in [2.45, 2.75) is 11.1 Å². The first-order valence-corrected chi connectivity index (χ1v) is 3.53. The van der Waals surface area contributed by atoms with Gasteiger partial charge in [0.15, 0.2) is 5.06 Å². The minimum Gasteiger partial charge on any atom is -0.370 e. The maximum atomic E-state index is 10.2. The van der Waals surface area contributed by atoms with Gasteiger partial charge in [0, 0.05) is 12.2 Å². The number of nitrogens with two attached hydrogens (primary N) is 1. The maximum Gasteiger partial charge on any atom is 0.269 e. The molecule has 0 radical (unpaired) electrons. The van der Waals surface area contributed by atoms with Crippen molar-refractivity contribution >= 4 is 11.6 Å². The lowest BCUT2D eigenvalue weighted by atomic mass is 10.0. The van der Waals surface area contributed by atoms with Crippen LogP contribution in [0.3, 0.4) is 0 Å². The normalized spacial score (nSPS) is 34.6. The van der Waals surface area contributed by atoms with Gasteiger partial charge in [-0.2, -0.15) is 0 Å². The van der Waals surface area contributed by atoms with Crippen molar-refractivity contribution in [1.29, 1.82) is 0 Å². The Kier molecular flexibility index (Phi) is 2.18. The molecule has 2 unspecified atom stereocenters. The quantitative estimate of drug-likeness (QED) is 0.345. The highest BCUT2D eigenvalue weighted by molar-refractivity contribution is 6.24. The number of hydrogen-bond donors (Lipinski definition) is 2. The second-order valence-corrected chi connectivity index (χ2v) is 3.04. The zero-order valence-electron chi connectivity index (χ0n) is 5.98. The number of nitro groups is 1. The van der Waals surface area contributed by atoms with Crippen molar-refractivity contribution in [3.8, 4) is 0 Å². The van der Waals surface area contributed by atoms with Crippen LogP contribution in [-0.4, -0.2) is 21.1 Å². The highest BCUT2D eigenvalue weighted by atomic mass is 35.5. The predicted molar refractivity (Wildman–Crippen MR) is 43.0 cm³/mol. The molecule has 12 heavy (non-hydrogen) atoms. The molecular weight excluding hydrogens is 184 g/mol. The summed E-state index contributed by atoms with van der Waals surface area (Å²) >= 11 is 5.46. The van der Waals surface area contributed by atoms with Crippen molar-refractivity contribution in [2.24, 2.45) is 5.73 Å². The van der Waals surface area contributed by atoms with Gasteiger partial charge in [-0.15, -0.1) is 0 Å². The molecule has 6 heteroatoms. The molecule has 1 aliphatic carbocycles. The molecule has 0 aromatic carbocycles. The molecule has 5 nitrogen and oxygen atoms in total. The van der Waals surface area contributed by atoms with E-state index in [-0.39, 0.29) is 5.70 Å². The lowest BCUT2D eigenvalue weighted by Crippen LogP contribution is -2.42. The number of rotatable bonds is 1. The van der Waals surface area contributed by atoms with Gasteiger partial charge in [-0.25, -0.2) is 0 Å². The topological polar surface area (TPSA) is 89.4 Å². The predicted octanol–water partition coefficient (Wildman–Crippen LogP) is -0.0285. The van der Waals surface area contributed by atoms with E-state index in [4.69, 9.17) is 17.3 Å². The van der Waals surface area contributed by atoms with Crippen LogP contribution < -0.4 is 5.73 Å². The van der Waals surface area contributed by atoms with Gasteiger partial charge in [-0.3, -0.25) is 10.1 Å². The fourth-order valence-corrected chi connectivity index (χ4v) is 0.987. The molecule has 0 aromatic rings. The zero-order valence-corrected chi connectivity index (χ0v) is 6.73. The lowest BCUT2D eigenvalue weighted by molar-refractivity contribution is -0.420. The summed E-state index contributed by atoms with van der Waals surface area (Å²) < 4.78 is 0. The zero-order chi connectivity index (χ0) is 9.35. The van der Waals surface area contributed by atoms with Gasteiger partial charge in [-0.1, -0.05) is 17.7 Å². The summed E-state index contributed by atoms with van der Waals surface area (Å²) in [6.45, 7) is 0. The molecule has 0 spiro atoms. The van der Waals surface area contributed by atoms with E-state index in [0.717, 1.165) is 6.08 Å². The Morgan fingerprint density at radius 2 is 2.42 bits per heavy atom. The van der Waals surface area contributed by atoms with Crippen LogP contribution in [0.1, 0.15) is 0 Å². The summed E-state index contributed by atoms with van der Waals surface area (Å²) in [6, 6.07) is -0.817. The molecule has 0 saturated heterocycles. The first-order valence-electron chi connectivity index (χ1n) is 3.16. The van der Waals surface area contributed by atoms with Gasteiger partial charge >= 0.3 is 0 Å². The molecule has 0 heterocycles. The van der Waals surface area contributed by atoms with Crippen LogP contribution in [-0.2, 0) is 0 Å². The summed E-state index contributed by atoms with van der Waals surface area (Å²) in [5.41, 5.74) is 5.08. The van der Waals surface area contributed by atoms with Crippen LogP contribution in [0.5, 0.6) is 0 Å². The highest BCUT2D eigenvalue weighted by Gasteiger charge is 2.33. The van der Waals surface area contributed by atoms with E-state index in [1.165, 1.54) is 12.2 Å². The van der Waals surface area contributed by atoms with Crippen molar-refractivity contribution < 1.29 is 10.0 Å². The van der Waals surface area contributed by atoms with E-state index in [0.29, 0.717) is 0 Å². The number of nitrogens with zero attached hydrogens (tertiary/aromatic N) is 1. The number of alkyl halides is 1. The standard InChI is InChI=1S/C6H7ClN2O3/c7-6(10)3-4(9(11)12)1-2-5(6)8/h1-3,5,10H,8H2. The Bertz CT molecular complexity index is 272. The molecule has 0 bridgehead atoms. The second kappa shape index (κ2) is 2.85. The average Bonchev–Trinajstić information content (AvgIpc) is 1.94.